The molecule has 1 aromatic carbocycles. The maximum absolute atomic E-state index is 13.7. The van der Waals surface area contributed by atoms with Crippen LogP contribution in [-0.4, -0.2) is 83.8 Å². The Morgan fingerprint density at radius 2 is 1.82 bits per heavy atom. The highest BCUT2D eigenvalue weighted by Gasteiger charge is 2.43. The monoisotopic (exact) mass is 569 g/mol. The molecule has 1 aliphatic carbocycles. The number of anilines is 1. The standard InChI is InChI=1S/C29H33ClFN5O4/c1-34(29(38)40-23-9-7-22(31)8-10-23)25-18-36(17-24(25)19-3-5-21(30)6-4-19)28(37)20-13-15-35(16-14-20)26-11-12-27(39-2)33-32-26/h3-5,7-12,20-21,24-25H,6,13-18H2,1-2H3/t21?,24-,25+/m0/s1. The van der Waals surface area contributed by atoms with Crippen molar-refractivity contribution in [1.29, 1.82) is 0 Å². The van der Waals surface area contributed by atoms with E-state index in [2.05, 4.69) is 21.2 Å². The van der Waals surface area contributed by atoms with Crippen molar-refractivity contribution in [2.24, 2.45) is 11.8 Å². The summed E-state index contributed by atoms with van der Waals surface area (Å²) in [6.45, 7) is 2.31. The van der Waals surface area contributed by atoms with Crippen molar-refractivity contribution in [3.63, 3.8) is 0 Å². The Kier molecular flexibility index (Phi) is 8.54. The average Bonchev–Trinajstić information content (AvgIpc) is 3.43. The lowest BCUT2D eigenvalue weighted by molar-refractivity contribution is -0.135. The Morgan fingerprint density at radius 3 is 2.45 bits per heavy atom. The zero-order chi connectivity index (χ0) is 28.2. The molecule has 0 spiro atoms. The third kappa shape index (κ3) is 6.22. The number of methoxy groups -OCH3 is 1. The Balaban J connectivity index is 1.26. The molecule has 3 aliphatic rings. The molecule has 0 saturated carbocycles. The van der Waals surface area contributed by atoms with Crippen LogP contribution in [0.2, 0.25) is 0 Å². The van der Waals surface area contributed by atoms with E-state index in [4.69, 9.17) is 21.1 Å². The minimum atomic E-state index is -0.555. The lowest BCUT2D eigenvalue weighted by Gasteiger charge is -2.33. The molecule has 2 aliphatic heterocycles. The van der Waals surface area contributed by atoms with Gasteiger partial charge in [0.05, 0.1) is 18.5 Å². The van der Waals surface area contributed by atoms with Gasteiger partial charge in [-0.05, 0) is 55.2 Å². The van der Waals surface area contributed by atoms with Gasteiger partial charge in [-0.3, -0.25) is 4.79 Å². The van der Waals surface area contributed by atoms with Crippen LogP contribution in [0.4, 0.5) is 15.0 Å². The number of likely N-dealkylation sites (tertiary alicyclic amines) is 1. The van der Waals surface area contributed by atoms with Crippen LogP contribution < -0.4 is 14.4 Å². The maximum Gasteiger partial charge on any atom is 0.415 e. The molecule has 1 unspecified atom stereocenters. The van der Waals surface area contributed by atoms with E-state index in [9.17, 15) is 14.0 Å². The smallest absolute Gasteiger partial charge is 0.415 e. The largest absolute Gasteiger partial charge is 0.480 e. The van der Waals surface area contributed by atoms with Crippen LogP contribution in [0.15, 0.2) is 60.2 Å². The summed E-state index contributed by atoms with van der Waals surface area (Å²) in [6, 6.07) is 8.70. The number of carbonyl (C=O) groups is 2. The van der Waals surface area contributed by atoms with E-state index in [1.807, 2.05) is 23.1 Å². The minimum absolute atomic E-state index is 0.0666. The highest BCUT2D eigenvalue weighted by atomic mass is 35.5. The number of ether oxygens (including phenoxy) is 2. The van der Waals surface area contributed by atoms with E-state index in [0.29, 0.717) is 51.3 Å². The van der Waals surface area contributed by atoms with Crippen molar-refractivity contribution in [3.8, 4) is 11.6 Å². The molecule has 9 nitrogen and oxygen atoms in total. The van der Waals surface area contributed by atoms with Gasteiger partial charge in [0.1, 0.15) is 11.6 Å². The van der Waals surface area contributed by atoms with Crippen molar-refractivity contribution in [2.75, 3.05) is 45.2 Å². The zero-order valence-corrected chi connectivity index (χ0v) is 23.3. The van der Waals surface area contributed by atoms with E-state index in [1.165, 1.54) is 24.3 Å². The van der Waals surface area contributed by atoms with Gasteiger partial charge in [-0.1, -0.05) is 18.2 Å². The summed E-state index contributed by atoms with van der Waals surface area (Å²) in [4.78, 5) is 32.3. The first-order valence-corrected chi connectivity index (χ1v) is 13.9. The highest BCUT2D eigenvalue weighted by molar-refractivity contribution is 6.22. The maximum atomic E-state index is 13.7. The Hall–Kier alpha value is -3.66. The predicted molar refractivity (Wildman–Crippen MR) is 149 cm³/mol. The number of hydrogen-bond donors (Lipinski definition) is 0. The van der Waals surface area contributed by atoms with E-state index < -0.39 is 11.9 Å². The van der Waals surface area contributed by atoms with Gasteiger partial charge in [-0.15, -0.1) is 21.8 Å². The summed E-state index contributed by atoms with van der Waals surface area (Å²) in [6.07, 6.45) is 7.60. The van der Waals surface area contributed by atoms with Gasteiger partial charge in [-0.2, -0.15) is 0 Å². The average molecular weight is 570 g/mol. The lowest BCUT2D eigenvalue weighted by Crippen LogP contribution is -2.45. The first-order chi connectivity index (χ1) is 19.3. The number of carbonyl (C=O) groups excluding carboxylic acids is 2. The molecule has 0 radical (unpaired) electrons. The van der Waals surface area contributed by atoms with Crippen molar-refractivity contribution in [3.05, 3.63) is 66.0 Å². The van der Waals surface area contributed by atoms with Crippen LogP contribution in [-0.2, 0) is 4.79 Å². The van der Waals surface area contributed by atoms with Crippen molar-refractivity contribution in [1.82, 2.24) is 20.0 Å². The summed E-state index contributed by atoms with van der Waals surface area (Å²) in [7, 11) is 3.24. The molecule has 2 saturated heterocycles. The topological polar surface area (TPSA) is 88.1 Å². The lowest BCUT2D eigenvalue weighted by atomic mass is 9.89. The molecule has 0 bridgehead atoms. The first kappa shape index (κ1) is 27.9. The number of alkyl halides is 1. The SMILES string of the molecule is COc1ccc(N2CCC(C(=O)N3C[C@@H](N(C)C(=O)Oc4ccc(F)cc4)[C@H](C4=CCC(Cl)C=C4)C3)CC2)nn1. The van der Waals surface area contributed by atoms with Crippen LogP contribution in [0.5, 0.6) is 11.6 Å². The first-order valence-electron chi connectivity index (χ1n) is 13.5. The third-order valence-corrected chi connectivity index (χ3v) is 8.24. The van der Waals surface area contributed by atoms with Crippen LogP contribution in [0, 0.1) is 17.7 Å². The summed E-state index contributed by atoms with van der Waals surface area (Å²) in [5.74, 6) is 0.992. The summed E-state index contributed by atoms with van der Waals surface area (Å²) in [5, 5.41) is 8.22. The number of likely N-dealkylation sites (N-methyl/N-ethyl adjacent to an activating group) is 1. The summed E-state index contributed by atoms with van der Waals surface area (Å²) in [5.41, 5.74) is 1.06. The predicted octanol–water partition coefficient (Wildman–Crippen LogP) is 4.29. The Morgan fingerprint density at radius 1 is 1.07 bits per heavy atom. The molecule has 40 heavy (non-hydrogen) atoms. The number of nitrogens with zero attached hydrogens (tertiary/aromatic N) is 5. The van der Waals surface area contributed by atoms with Gasteiger partial charge >= 0.3 is 6.09 Å². The number of allylic oxidation sites excluding steroid dienone is 3. The van der Waals surface area contributed by atoms with Gasteiger partial charge in [0.2, 0.25) is 11.8 Å². The van der Waals surface area contributed by atoms with Gasteiger partial charge < -0.3 is 24.2 Å². The fourth-order valence-corrected chi connectivity index (χ4v) is 5.75. The van der Waals surface area contributed by atoms with Gasteiger partial charge in [-0.25, -0.2) is 9.18 Å². The fraction of sp³-hybridized carbons (Fsp3) is 0.448. The van der Waals surface area contributed by atoms with E-state index in [-0.39, 0.29) is 34.9 Å². The minimum Gasteiger partial charge on any atom is -0.480 e. The number of aromatic nitrogens is 2. The van der Waals surface area contributed by atoms with E-state index in [0.717, 1.165) is 11.4 Å². The molecule has 2 amide bonds. The number of rotatable bonds is 6. The number of amides is 2. The Bertz CT molecular complexity index is 1260. The second-order valence-corrected chi connectivity index (χ2v) is 10.9. The van der Waals surface area contributed by atoms with Crippen LogP contribution >= 0.6 is 11.6 Å². The molecule has 3 heterocycles. The van der Waals surface area contributed by atoms with E-state index >= 15 is 0 Å². The normalized spacial score (nSPS) is 23.1. The van der Waals surface area contributed by atoms with Gasteiger partial charge in [0.25, 0.3) is 0 Å². The molecule has 0 N–H and O–H groups in total. The number of benzene rings is 1. The molecule has 3 atom stereocenters. The molecule has 2 fully saturated rings. The van der Waals surface area contributed by atoms with Crippen molar-refractivity contribution < 1.29 is 23.5 Å². The molecule has 11 heteroatoms. The van der Waals surface area contributed by atoms with E-state index in [1.54, 1.807) is 25.1 Å². The second kappa shape index (κ2) is 12.2. The molecular formula is C29H33ClFN5O4. The van der Waals surface area contributed by atoms with Gasteiger partial charge in [0.15, 0.2) is 5.82 Å². The molecule has 5 rings (SSSR count). The number of halogens is 2. The van der Waals surface area contributed by atoms with Crippen molar-refractivity contribution in [2.45, 2.75) is 30.7 Å². The molecular weight excluding hydrogens is 537 g/mol. The molecule has 2 aromatic rings. The van der Waals surface area contributed by atoms with Crippen LogP contribution in [0.25, 0.3) is 0 Å². The van der Waals surface area contributed by atoms with Crippen molar-refractivity contribution >= 4 is 29.4 Å². The third-order valence-electron chi connectivity index (χ3n) is 7.91. The molecule has 1 aromatic heterocycles. The summed E-state index contributed by atoms with van der Waals surface area (Å²) < 4.78 is 23.9. The Labute approximate surface area is 238 Å². The fourth-order valence-electron chi connectivity index (χ4n) is 5.59. The summed E-state index contributed by atoms with van der Waals surface area (Å²) >= 11 is 6.27. The highest BCUT2D eigenvalue weighted by Crippen LogP contribution is 2.34. The molecule has 212 valence electrons. The van der Waals surface area contributed by atoms with Crippen LogP contribution in [0.1, 0.15) is 19.3 Å². The quantitative estimate of drug-likeness (QED) is 0.480. The zero-order valence-electron chi connectivity index (χ0n) is 22.6. The van der Waals surface area contributed by atoms with Crippen LogP contribution in [0.3, 0.4) is 0 Å². The number of piperidine rings is 1. The van der Waals surface area contributed by atoms with Gasteiger partial charge in [0, 0.05) is 51.1 Å². The second-order valence-electron chi connectivity index (χ2n) is 10.4. The number of hydrogen-bond acceptors (Lipinski definition) is 7.